The molecule has 0 spiro atoms. The molecule has 0 fully saturated rings. The quantitative estimate of drug-likeness (QED) is 0.920. The number of benzene rings is 1. The summed E-state index contributed by atoms with van der Waals surface area (Å²) in [6, 6.07) is 4.94. The molecule has 0 atom stereocenters. The lowest BCUT2D eigenvalue weighted by molar-refractivity contribution is -0.123. The van der Waals surface area contributed by atoms with Crippen molar-refractivity contribution in [1.29, 1.82) is 0 Å². The van der Waals surface area contributed by atoms with Gasteiger partial charge in [0.2, 0.25) is 5.91 Å². The van der Waals surface area contributed by atoms with Gasteiger partial charge in [0.05, 0.1) is 6.54 Å². The van der Waals surface area contributed by atoms with Gasteiger partial charge in [0, 0.05) is 22.1 Å². The predicted octanol–water partition coefficient (Wildman–Crippen LogP) is 2.93. The Bertz CT molecular complexity index is 457. The third-order valence-electron chi connectivity index (χ3n) is 2.38. The van der Waals surface area contributed by atoms with E-state index in [2.05, 4.69) is 21.2 Å². The van der Waals surface area contributed by atoms with Gasteiger partial charge in [-0.2, -0.15) is 0 Å². The van der Waals surface area contributed by atoms with Crippen LogP contribution < -0.4 is 5.32 Å². The molecule has 3 nitrogen and oxygen atoms in total. The Kier molecular flexibility index (Phi) is 5.50. The second kappa shape index (κ2) is 6.48. The maximum absolute atomic E-state index is 13.7. The Morgan fingerprint density at radius 2 is 2.05 bits per heavy atom. The van der Waals surface area contributed by atoms with Gasteiger partial charge in [0.15, 0.2) is 0 Å². The van der Waals surface area contributed by atoms with Crippen LogP contribution in [0.1, 0.15) is 26.3 Å². The van der Waals surface area contributed by atoms with Gasteiger partial charge >= 0.3 is 0 Å². The number of halogens is 2. The zero-order valence-corrected chi connectivity index (χ0v) is 13.3. The molecule has 1 aromatic carbocycles. The maximum Gasteiger partial charge on any atom is 0.234 e. The van der Waals surface area contributed by atoms with E-state index in [1.54, 1.807) is 24.1 Å². The van der Waals surface area contributed by atoms with E-state index in [9.17, 15) is 9.18 Å². The van der Waals surface area contributed by atoms with Crippen molar-refractivity contribution in [2.75, 3.05) is 13.6 Å². The smallest absolute Gasteiger partial charge is 0.234 e. The Morgan fingerprint density at radius 1 is 1.42 bits per heavy atom. The van der Waals surface area contributed by atoms with E-state index in [0.29, 0.717) is 16.6 Å². The van der Waals surface area contributed by atoms with Gasteiger partial charge in [-0.1, -0.05) is 22.0 Å². The van der Waals surface area contributed by atoms with Gasteiger partial charge < -0.3 is 5.32 Å². The van der Waals surface area contributed by atoms with Crippen LogP contribution in [0, 0.1) is 5.82 Å². The Morgan fingerprint density at radius 3 is 2.58 bits per heavy atom. The van der Waals surface area contributed by atoms with Crippen molar-refractivity contribution in [3.63, 3.8) is 0 Å². The van der Waals surface area contributed by atoms with Crippen LogP contribution in [-0.2, 0) is 11.3 Å². The molecule has 0 saturated heterocycles. The van der Waals surface area contributed by atoms with E-state index in [1.807, 2.05) is 20.8 Å². The molecule has 106 valence electrons. The lowest BCUT2D eigenvalue weighted by atomic mass is 10.1. The minimum absolute atomic E-state index is 0.0625. The first-order chi connectivity index (χ1) is 8.67. The summed E-state index contributed by atoms with van der Waals surface area (Å²) in [5.74, 6) is -0.329. The van der Waals surface area contributed by atoms with Crippen molar-refractivity contribution in [3.05, 3.63) is 34.1 Å². The number of carbonyl (C=O) groups is 1. The molecule has 0 radical (unpaired) electrons. The first-order valence-electron chi connectivity index (χ1n) is 6.11. The molecule has 1 N–H and O–H groups in total. The number of hydrogen-bond donors (Lipinski definition) is 1. The topological polar surface area (TPSA) is 32.3 Å². The lowest BCUT2D eigenvalue weighted by Crippen LogP contribution is -2.45. The Balaban J connectivity index is 2.55. The number of carbonyl (C=O) groups excluding carboxylic acids is 1. The van der Waals surface area contributed by atoms with Crippen LogP contribution in [0.2, 0.25) is 0 Å². The lowest BCUT2D eigenvalue weighted by Gasteiger charge is -2.23. The monoisotopic (exact) mass is 330 g/mol. The van der Waals surface area contributed by atoms with Crippen LogP contribution in [0.4, 0.5) is 4.39 Å². The van der Waals surface area contributed by atoms with Crippen LogP contribution in [0.3, 0.4) is 0 Å². The van der Waals surface area contributed by atoms with Gasteiger partial charge in [-0.05, 0) is 40.0 Å². The average molecular weight is 331 g/mol. The van der Waals surface area contributed by atoms with Crippen LogP contribution >= 0.6 is 15.9 Å². The number of rotatable bonds is 4. The first kappa shape index (κ1) is 16.1. The van der Waals surface area contributed by atoms with Crippen molar-refractivity contribution >= 4 is 21.8 Å². The minimum atomic E-state index is -0.266. The van der Waals surface area contributed by atoms with E-state index in [-0.39, 0.29) is 23.8 Å². The zero-order chi connectivity index (χ0) is 14.6. The first-order valence-corrected chi connectivity index (χ1v) is 6.90. The molecule has 0 saturated carbocycles. The molecule has 1 aromatic rings. The highest BCUT2D eigenvalue weighted by molar-refractivity contribution is 9.10. The van der Waals surface area contributed by atoms with Crippen molar-refractivity contribution in [2.45, 2.75) is 32.9 Å². The normalized spacial score (nSPS) is 11.7. The van der Waals surface area contributed by atoms with Gasteiger partial charge in [-0.15, -0.1) is 0 Å². The molecule has 0 aliphatic rings. The minimum Gasteiger partial charge on any atom is -0.350 e. The summed E-state index contributed by atoms with van der Waals surface area (Å²) in [5.41, 5.74) is 0.329. The van der Waals surface area contributed by atoms with Crippen molar-refractivity contribution in [2.24, 2.45) is 0 Å². The summed E-state index contributed by atoms with van der Waals surface area (Å²) < 4.78 is 14.4. The number of amides is 1. The van der Waals surface area contributed by atoms with E-state index in [1.165, 1.54) is 6.07 Å². The molecule has 1 rings (SSSR count). The van der Waals surface area contributed by atoms with E-state index in [4.69, 9.17) is 0 Å². The molecule has 0 heterocycles. The fourth-order valence-corrected chi connectivity index (χ4v) is 2.03. The second-order valence-corrected chi connectivity index (χ2v) is 6.62. The number of nitrogens with one attached hydrogen (secondary N) is 1. The molecule has 5 heteroatoms. The summed E-state index contributed by atoms with van der Waals surface area (Å²) in [7, 11) is 1.80. The highest BCUT2D eigenvalue weighted by Gasteiger charge is 2.15. The fourth-order valence-electron chi connectivity index (χ4n) is 1.70. The summed E-state index contributed by atoms with van der Waals surface area (Å²) in [6.45, 7) is 6.43. The number of likely N-dealkylation sites (N-methyl/N-ethyl adjacent to an activating group) is 1. The van der Waals surface area contributed by atoms with Crippen LogP contribution in [-0.4, -0.2) is 29.9 Å². The predicted molar refractivity (Wildman–Crippen MR) is 78.3 cm³/mol. The van der Waals surface area contributed by atoms with Gasteiger partial charge in [0.25, 0.3) is 0 Å². The molecule has 1 amide bonds. The van der Waals surface area contributed by atoms with Crippen LogP contribution in [0.5, 0.6) is 0 Å². The van der Waals surface area contributed by atoms with E-state index >= 15 is 0 Å². The second-order valence-electron chi connectivity index (χ2n) is 5.71. The summed E-state index contributed by atoms with van der Waals surface area (Å²) in [6.07, 6.45) is 0. The molecule has 0 aliphatic carbocycles. The van der Waals surface area contributed by atoms with Gasteiger partial charge in [-0.3, -0.25) is 9.69 Å². The third-order valence-corrected chi connectivity index (χ3v) is 2.88. The van der Waals surface area contributed by atoms with Gasteiger partial charge in [-0.25, -0.2) is 4.39 Å². The van der Waals surface area contributed by atoms with Crippen molar-refractivity contribution < 1.29 is 9.18 Å². The SMILES string of the molecule is CN(CC(=O)NC(C)(C)C)Cc1ccc(Br)cc1F. The van der Waals surface area contributed by atoms with E-state index in [0.717, 1.165) is 0 Å². The standard InChI is InChI=1S/C14H20BrFN2O/c1-14(2,3)17-13(19)9-18(4)8-10-5-6-11(15)7-12(10)16/h5-7H,8-9H2,1-4H3,(H,17,19). The Hall–Kier alpha value is -0.940. The maximum atomic E-state index is 13.7. The molecular weight excluding hydrogens is 311 g/mol. The highest BCUT2D eigenvalue weighted by atomic mass is 79.9. The fraction of sp³-hybridized carbons (Fsp3) is 0.500. The summed E-state index contributed by atoms with van der Waals surface area (Å²) >= 11 is 3.22. The average Bonchev–Trinajstić information content (AvgIpc) is 2.19. The molecule has 0 unspecified atom stereocenters. The molecule has 0 aromatic heterocycles. The van der Waals surface area contributed by atoms with Crippen LogP contribution in [0.25, 0.3) is 0 Å². The van der Waals surface area contributed by atoms with Gasteiger partial charge in [0.1, 0.15) is 5.82 Å². The third kappa shape index (κ3) is 6.16. The van der Waals surface area contributed by atoms with Crippen molar-refractivity contribution in [1.82, 2.24) is 10.2 Å². The largest absolute Gasteiger partial charge is 0.350 e. The summed E-state index contributed by atoms with van der Waals surface area (Å²) in [4.78, 5) is 13.5. The molecule has 19 heavy (non-hydrogen) atoms. The molecule has 0 bridgehead atoms. The molecular formula is C14H20BrFN2O. The highest BCUT2D eigenvalue weighted by Crippen LogP contribution is 2.16. The Labute approximate surface area is 122 Å². The zero-order valence-electron chi connectivity index (χ0n) is 11.8. The van der Waals surface area contributed by atoms with E-state index < -0.39 is 0 Å². The summed E-state index contributed by atoms with van der Waals surface area (Å²) in [5, 5.41) is 2.88. The van der Waals surface area contributed by atoms with Crippen molar-refractivity contribution in [3.8, 4) is 0 Å². The number of nitrogens with zero attached hydrogens (tertiary/aromatic N) is 1. The van der Waals surface area contributed by atoms with Crippen LogP contribution in [0.15, 0.2) is 22.7 Å². The number of hydrogen-bond acceptors (Lipinski definition) is 2. The molecule has 0 aliphatic heterocycles.